The molecule has 0 bridgehead atoms. The monoisotopic (exact) mass is 177 g/mol. The molecule has 5 atom stereocenters. The molecule has 1 fully saturated rings. The van der Waals surface area contributed by atoms with Gasteiger partial charge in [0, 0.05) is 7.11 Å². The van der Waals surface area contributed by atoms with Crippen molar-refractivity contribution in [3.63, 3.8) is 0 Å². The molecule has 0 aromatic carbocycles. The van der Waals surface area contributed by atoms with E-state index in [0.717, 1.165) is 0 Å². The van der Waals surface area contributed by atoms with E-state index in [1.807, 2.05) is 0 Å². The number of methoxy groups -OCH3 is 1. The maximum absolute atomic E-state index is 9.39. The van der Waals surface area contributed by atoms with Crippen molar-refractivity contribution < 1.29 is 19.7 Å². The summed E-state index contributed by atoms with van der Waals surface area (Å²) in [5.74, 6) is 0. The fraction of sp³-hybridized carbons (Fsp3) is 1.00. The van der Waals surface area contributed by atoms with Gasteiger partial charge in [0.05, 0.1) is 18.2 Å². The number of hydrogen-bond donors (Lipinski definition) is 3. The van der Waals surface area contributed by atoms with Crippen molar-refractivity contribution in [1.29, 1.82) is 0 Å². The summed E-state index contributed by atoms with van der Waals surface area (Å²) >= 11 is 0. The molecule has 1 aliphatic rings. The molecule has 0 radical (unpaired) electrons. The van der Waals surface area contributed by atoms with Crippen molar-refractivity contribution in [2.75, 3.05) is 7.11 Å². The zero-order valence-electron chi connectivity index (χ0n) is 7.18. The summed E-state index contributed by atoms with van der Waals surface area (Å²) in [6, 6.07) is -0.710. The van der Waals surface area contributed by atoms with Gasteiger partial charge in [0.15, 0.2) is 6.29 Å². The number of aliphatic hydroxyl groups excluding tert-OH is 2. The lowest BCUT2D eigenvalue weighted by Gasteiger charge is -2.39. The summed E-state index contributed by atoms with van der Waals surface area (Å²) in [6.07, 6.45) is -2.96. The molecule has 4 N–H and O–H groups in total. The number of aliphatic hydroxyl groups is 2. The van der Waals surface area contributed by atoms with Crippen LogP contribution in [-0.4, -0.2) is 48.0 Å². The summed E-state index contributed by atoms with van der Waals surface area (Å²) in [5.41, 5.74) is 5.52. The van der Waals surface area contributed by atoms with Crippen LogP contribution in [0, 0.1) is 0 Å². The predicted molar refractivity (Wildman–Crippen MR) is 41.3 cm³/mol. The number of ether oxygens (including phenoxy) is 2. The first kappa shape index (κ1) is 9.88. The molecule has 0 unspecified atom stereocenters. The van der Waals surface area contributed by atoms with Crippen LogP contribution in [0.4, 0.5) is 0 Å². The van der Waals surface area contributed by atoms with Gasteiger partial charge in [-0.3, -0.25) is 0 Å². The van der Waals surface area contributed by atoms with Gasteiger partial charge in [-0.25, -0.2) is 0 Å². The van der Waals surface area contributed by atoms with Crippen LogP contribution in [0.5, 0.6) is 0 Å². The molecule has 1 heterocycles. The molecule has 0 amide bonds. The molecular formula is C7H15NO4. The van der Waals surface area contributed by atoms with Crippen LogP contribution in [0.3, 0.4) is 0 Å². The Balaban J connectivity index is 2.63. The zero-order chi connectivity index (χ0) is 9.30. The number of hydrogen-bond acceptors (Lipinski definition) is 5. The van der Waals surface area contributed by atoms with E-state index < -0.39 is 30.6 Å². The van der Waals surface area contributed by atoms with Gasteiger partial charge in [-0.1, -0.05) is 0 Å². The van der Waals surface area contributed by atoms with E-state index in [1.54, 1.807) is 6.92 Å². The van der Waals surface area contributed by atoms with E-state index in [1.165, 1.54) is 7.11 Å². The van der Waals surface area contributed by atoms with Crippen LogP contribution in [-0.2, 0) is 9.47 Å². The van der Waals surface area contributed by atoms with Crippen LogP contribution < -0.4 is 5.73 Å². The largest absolute Gasteiger partial charge is 0.389 e. The molecule has 72 valence electrons. The minimum Gasteiger partial charge on any atom is -0.389 e. The highest BCUT2D eigenvalue weighted by molar-refractivity contribution is 4.89. The fourth-order valence-electron chi connectivity index (χ4n) is 1.26. The Bertz CT molecular complexity index is 150. The Hall–Kier alpha value is -0.200. The normalized spacial score (nSPS) is 49.2. The summed E-state index contributed by atoms with van der Waals surface area (Å²) < 4.78 is 9.96. The standard InChI is InChI=1S/C7H15NO4/c1-3-5(9)4(8)6(10)7(11-2)12-3/h3-7,9-10H,8H2,1-2H3/t3-,4+,5+,6-,7-/m1/s1. The molecule has 12 heavy (non-hydrogen) atoms. The van der Waals surface area contributed by atoms with Crippen molar-refractivity contribution in [3.8, 4) is 0 Å². The van der Waals surface area contributed by atoms with Gasteiger partial charge in [0.2, 0.25) is 0 Å². The van der Waals surface area contributed by atoms with E-state index in [-0.39, 0.29) is 0 Å². The van der Waals surface area contributed by atoms with E-state index in [2.05, 4.69) is 0 Å². The first-order valence-electron chi connectivity index (χ1n) is 3.88. The molecule has 0 aliphatic carbocycles. The van der Waals surface area contributed by atoms with Crippen LogP contribution in [0.1, 0.15) is 6.92 Å². The maximum atomic E-state index is 9.39. The minimum atomic E-state index is -0.971. The second kappa shape index (κ2) is 3.68. The molecular weight excluding hydrogens is 162 g/mol. The zero-order valence-corrected chi connectivity index (χ0v) is 7.18. The average molecular weight is 177 g/mol. The summed E-state index contributed by atoms with van der Waals surface area (Å²) in [4.78, 5) is 0. The van der Waals surface area contributed by atoms with E-state index in [9.17, 15) is 10.2 Å². The lowest BCUT2D eigenvalue weighted by molar-refractivity contribution is -0.258. The number of rotatable bonds is 1. The third-order valence-corrected chi connectivity index (χ3v) is 2.13. The fourth-order valence-corrected chi connectivity index (χ4v) is 1.26. The van der Waals surface area contributed by atoms with Crippen LogP contribution in [0.25, 0.3) is 0 Å². The van der Waals surface area contributed by atoms with Crippen LogP contribution in [0.15, 0.2) is 0 Å². The Labute approximate surface area is 71.1 Å². The van der Waals surface area contributed by atoms with Crippen molar-refractivity contribution in [3.05, 3.63) is 0 Å². The van der Waals surface area contributed by atoms with Gasteiger partial charge in [0.1, 0.15) is 6.10 Å². The van der Waals surface area contributed by atoms with E-state index in [4.69, 9.17) is 15.2 Å². The lowest BCUT2D eigenvalue weighted by atomic mass is 9.98. The van der Waals surface area contributed by atoms with Gasteiger partial charge < -0.3 is 25.4 Å². The summed E-state index contributed by atoms with van der Waals surface area (Å²) in [7, 11) is 1.42. The molecule has 0 aromatic heterocycles. The Morgan fingerprint density at radius 2 is 1.92 bits per heavy atom. The van der Waals surface area contributed by atoms with Crippen molar-refractivity contribution in [2.45, 2.75) is 37.6 Å². The Kier molecular flexibility index (Phi) is 3.03. The van der Waals surface area contributed by atoms with E-state index >= 15 is 0 Å². The van der Waals surface area contributed by atoms with Gasteiger partial charge in [-0.2, -0.15) is 0 Å². The first-order valence-corrected chi connectivity index (χ1v) is 3.88. The molecule has 0 spiro atoms. The topological polar surface area (TPSA) is 84.9 Å². The quantitative estimate of drug-likeness (QED) is 0.450. The smallest absolute Gasteiger partial charge is 0.185 e. The van der Waals surface area contributed by atoms with Gasteiger partial charge in [0.25, 0.3) is 0 Å². The molecule has 5 heteroatoms. The van der Waals surface area contributed by atoms with Crippen LogP contribution in [0.2, 0.25) is 0 Å². The third kappa shape index (κ3) is 1.60. The van der Waals surface area contributed by atoms with Crippen LogP contribution >= 0.6 is 0 Å². The summed E-state index contributed by atoms with van der Waals surface area (Å²) in [5, 5.41) is 18.8. The lowest BCUT2D eigenvalue weighted by Crippen LogP contribution is -2.60. The van der Waals surface area contributed by atoms with Crippen molar-refractivity contribution in [2.24, 2.45) is 5.73 Å². The highest BCUT2D eigenvalue weighted by Crippen LogP contribution is 2.19. The Morgan fingerprint density at radius 1 is 1.33 bits per heavy atom. The predicted octanol–water partition coefficient (Wildman–Crippen LogP) is -1.57. The highest BCUT2D eigenvalue weighted by atomic mass is 16.7. The minimum absolute atomic E-state index is 0.409. The molecule has 1 rings (SSSR count). The average Bonchev–Trinajstić information content (AvgIpc) is 2.08. The van der Waals surface area contributed by atoms with Crippen molar-refractivity contribution >= 4 is 0 Å². The number of nitrogens with two attached hydrogens (primary N) is 1. The van der Waals surface area contributed by atoms with E-state index in [0.29, 0.717) is 0 Å². The Morgan fingerprint density at radius 3 is 2.42 bits per heavy atom. The molecule has 0 aromatic rings. The second-order valence-corrected chi connectivity index (χ2v) is 3.00. The van der Waals surface area contributed by atoms with Gasteiger partial charge in [-0.15, -0.1) is 0 Å². The molecule has 1 saturated heterocycles. The molecule has 1 aliphatic heterocycles. The SMILES string of the molecule is CO[C@@H]1O[C@H](C)[C@H](O)[C@H](N)[C@H]1O. The molecule has 0 saturated carbocycles. The second-order valence-electron chi connectivity index (χ2n) is 3.00. The third-order valence-electron chi connectivity index (χ3n) is 2.13. The van der Waals surface area contributed by atoms with Crippen molar-refractivity contribution in [1.82, 2.24) is 0 Å². The van der Waals surface area contributed by atoms with Gasteiger partial charge in [-0.05, 0) is 6.92 Å². The molecule has 5 nitrogen and oxygen atoms in total. The maximum Gasteiger partial charge on any atom is 0.185 e. The highest BCUT2D eigenvalue weighted by Gasteiger charge is 2.40. The summed E-state index contributed by atoms with van der Waals surface area (Å²) in [6.45, 7) is 1.68. The first-order chi connectivity index (χ1) is 5.57. The van der Waals surface area contributed by atoms with Gasteiger partial charge >= 0.3 is 0 Å².